The van der Waals surface area contributed by atoms with Crippen molar-refractivity contribution in [3.8, 4) is 0 Å². The molecule has 5 rings (SSSR count). The van der Waals surface area contributed by atoms with Crippen LogP contribution < -0.4 is 0 Å². The molecule has 0 aromatic heterocycles. The predicted molar refractivity (Wildman–Crippen MR) is 112 cm³/mol. The van der Waals surface area contributed by atoms with E-state index >= 15 is 0 Å². The van der Waals surface area contributed by atoms with Crippen molar-refractivity contribution in [2.75, 3.05) is 5.33 Å². The summed E-state index contributed by atoms with van der Waals surface area (Å²) in [6, 6.07) is 0. The molecule has 0 aromatic carbocycles. The lowest BCUT2D eigenvalue weighted by molar-refractivity contribution is -0.165. The van der Waals surface area contributed by atoms with E-state index in [1.807, 2.05) is 0 Å². The average Bonchev–Trinajstić information content (AvgIpc) is 3.42. The molecule has 5 fully saturated rings. The van der Waals surface area contributed by atoms with Gasteiger partial charge in [-0.15, -0.1) is 0 Å². The standard InChI is InChI=1S/C24H37BrO2/c1-22(27)11-12-24(15-3-4-15)16(13-22)5-6-17-18-7-8-20(21(26)14-25)23(18,2)10-9-19(17)24/h15-20,27H,3-14H2,1-2H3/t16-,17+,18+,19+,20-,22-,23+,24-/m1/s1. The lowest BCUT2D eigenvalue weighted by Crippen LogP contribution is -2.57. The van der Waals surface area contributed by atoms with Gasteiger partial charge in [0.1, 0.15) is 5.78 Å². The monoisotopic (exact) mass is 436 g/mol. The molecule has 0 spiro atoms. The summed E-state index contributed by atoms with van der Waals surface area (Å²) in [5, 5.41) is 11.3. The number of alkyl halides is 1. The highest BCUT2D eigenvalue weighted by molar-refractivity contribution is 9.09. The Bertz CT molecular complexity index is 626. The Labute approximate surface area is 173 Å². The molecule has 3 heteroatoms. The number of rotatable bonds is 3. The van der Waals surface area contributed by atoms with Crippen molar-refractivity contribution >= 4 is 21.7 Å². The zero-order valence-electron chi connectivity index (χ0n) is 17.2. The van der Waals surface area contributed by atoms with Crippen molar-refractivity contribution in [1.29, 1.82) is 0 Å². The molecule has 8 atom stereocenters. The molecule has 27 heavy (non-hydrogen) atoms. The first-order chi connectivity index (χ1) is 12.8. The normalized spacial score (nSPS) is 54.7. The fourth-order valence-corrected chi connectivity index (χ4v) is 9.60. The van der Waals surface area contributed by atoms with Crippen LogP contribution in [0.15, 0.2) is 0 Å². The Hall–Kier alpha value is 0.110. The SMILES string of the molecule is C[C@@]1(O)CC[C@@]2(C3CC3)[C@H](CC[C@H]3[C@@H]4CC[C@H](C(=O)CBr)[C@@]4(C)CC[C@@H]32)C1. The quantitative estimate of drug-likeness (QED) is 0.571. The molecule has 0 aliphatic heterocycles. The van der Waals surface area contributed by atoms with E-state index in [0.717, 1.165) is 48.9 Å². The third-order valence-electron chi connectivity index (χ3n) is 10.4. The lowest BCUT2D eigenvalue weighted by Gasteiger charge is -2.63. The van der Waals surface area contributed by atoms with Gasteiger partial charge in [-0.3, -0.25) is 4.79 Å². The number of hydrogen-bond donors (Lipinski definition) is 1. The van der Waals surface area contributed by atoms with Crippen molar-refractivity contribution in [3.05, 3.63) is 0 Å². The van der Waals surface area contributed by atoms with E-state index in [4.69, 9.17) is 0 Å². The summed E-state index contributed by atoms with van der Waals surface area (Å²) in [4.78, 5) is 12.6. The van der Waals surface area contributed by atoms with Gasteiger partial charge in [-0.1, -0.05) is 22.9 Å². The van der Waals surface area contributed by atoms with Crippen LogP contribution in [0.4, 0.5) is 0 Å². The van der Waals surface area contributed by atoms with E-state index in [2.05, 4.69) is 29.8 Å². The molecule has 0 heterocycles. The summed E-state index contributed by atoms with van der Waals surface area (Å²) < 4.78 is 0. The molecule has 5 saturated carbocycles. The maximum absolute atomic E-state index is 12.6. The summed E-state index contributed by atoms with van der Waals surface area (Å²) in [6.07, 6.45) is 13.9. The molecule has 0 amide bonds. The number of carbonyl (C=O) groups is 1. The highest BCUT2D eigenvalue weighted by Gasteiger charge is 2.65. The third kappa shape index (κ3) is 2.69. The van der Waals surface area contributed by atoms with Gasteiger partial charge in [0.25, 0.3) is 0 Å². The van der Waals surface area contributed by atoms with E-state index < -0.39 is 5.60 Å². The van der Waals surface area contributed by atoms with Gasteiger partial charge in [0.15, 0.2) is 0 Å². The minimum absolute atomic E-state index is 0.254. The maximum Gasteiger partial charge on any atom is 0.147 e. The van der Waals surface area contributed by atoms with Crippen LogP contribution in [0.5, 0.6) is 0 Å². The molecule has 2 nitrogen and oxygen atoms in total. The number of ketones is 1. The number of fused-ring (bicyclic) bond motifs is 5. The largest absolute Gasteiger partial charge is 0.390 e. The number of hydrogen-bond acceptors (Lipinski definition) is 2. The van der Waals surface area contributed by atoms with E-state index in [1.54, 1.807) is 0 Å². The van der Waals surface area contributed by atoms with Gasteiger partial charge in [0.2, 0.25) is 0 Å². The number of carbonyl (C=O) groups excluding carboxylic acids is 1. The maximum atomic E-state index is 12.6. The smallest absolute Gasteiger partial charge is 0.147 e. The van der Waals surface area contributed by atoms with Crippen LogP contribution >= 0.6 is 15.9 Å². The first-order valence-corrected chi connectivity index (χ1v) is 12.7. The predicted octanol–water partition coefficient (Wildman–Crippen LogP) is 5.75. The zero-order valence-corrected chi connectivity index (χ0v) is 18.8. The van der Waals surface area contributed by atoms with Gasteiger partial charge >= 0.3 is 0 Å². The molecule has 1 N–H and O–H groups in total. The Morgan fingerprint density at radius 3 is 2.37 bits per heavy atom. The fraction of sp³-hybridized carbons (Fsp3) is 0.958. The van der Waals surface area contributed by atoms with Gasteiger partial charge in [0.05, 0.1) is 10.9 Å². The second kappa shape index (κ2) is 6.30. The highest BCUT2D eigenvalue weighted by Crippen LogP contribution is 2.72. The molecular formula is C24H37BrO2. The molecule has 5 aliphatic carbocycles. The number of halogens is 1. The van der Waals surface area contributed by atoms with Crippen LogP contribution in [0.25, 0.3) is 0 Å². The summed E-state index contributed by atoms with van der Waals surface area (Å²) >= 11 is 3.45. The Morgan fingerprint density at radius 2 is 1.67 bits per heavy atom. The summed E-state index contributed by atoms with van der Waals surface area (Å²) in [7, 11) is 0. The molecule has 0 saturated heterocycles. The van der Waals surface area contributed by atoms with Crippen molar-refractivity contribution in [3.63, 3.8) is 0 Å². The minimum Gasteiger partial charge on any atom is -0.390 e. The second-order valence-corrected chi connectivity index (χ2v) is 12.1. The molecule has 152 valence electrons. The van der Waals surface area contributed by atoms with E-state index in [-0.39, 0.29) is 5.41 Å². The van der Waals surface area contributed by atoms with Crippen LogP contribution in [0.1, 0.15) is 84.5 Å². The van der Waals surface area contributed by atoms with Gasteiger partial charge < -0.3 is 5.11 Å². The fourth-order valence-electron chi connectivity index (χ4n) is 9.21. The van der Waals surface area contributed by atoms with Crippen LogP contribution in [0.2, 0.25) is 0 Å². The molecule has 0 radical (unpaired) electrons. The Kier molecular flexibility index (Phi) is 4.46. The van der Waals surface area contributed by atoms with Gasteiger partial charge in [0, 0.05) is 5.92 Å². The van der Waals surface area contributed by atoms with Crippen molar-refractivity contribution in [2.45, 2.75) is 90.1 Å². The van der Waals surface area contributed by atoms with Crippen molar-refractivity contribution in [1.82, 2.24) is 0 Å². The first kappa shape index (κ1) is 19.1. The van der Waals surface area contributed by atoms with E-state index in [1.165, 1.54) is 51.4 Å². The van der Waals surface area contributed by atoms with E-state index in [9.17, 15) is 9.90 Å². The highest BCUT2D eigenvalue weighted by atomic mass is 79.9. The molecule has 0 aromatic rings. The van der Waals surface area contributed by atoms with Crippen LogP contribution in [0.3, 0.4) is 0 Å². The topological polar surface area (TPSA) is 37.3 Å². The van der Waals surface area contributed by atoms with Crippen LogP contribution in [-0.4, -0.2) is 21.8 Å². The first-order valence-electron chi connectivity index (χ1n) is 11.6. The summed E-state index contributed by atoms with van der Waals surface area (Å²) in [6.45, 7) is 4.55. The molecule has 5 aliphatic rings. The molecule has 0 unspecified atom stereocenters. The minimum atomic E-state index is -0.431. The summed E-state index contributed by atoms with van der Waals surface area (Å²) in [5.41, 5.74) is 0.355. The van der Waals surface area contributed by atoms with Crippen molar-refractivity contribution in [2.24, 2.45) is 46.3 Å². The van der Waals surface area contributed by atoms with Gasteiger partial charge in [-0.05, 0) is 118 Å². The zero-order chi connectivity index (χ0) is 19.0. The average molecular weight is 437 g/mol. The van der Waals surface area contributed by atoms with Gasteiger partial charge in [-0.25, -0.2) is 0 Å². The number of Topliss-reactive ketones (excluding diaryl/α,β-unsaturated/α-hetero) is 1. The van der Waals surface area contributed by atoms with Crippen LogP contribution in [-0.2, 0) is 4.79 Å². The Balaban J connectivity index is 1.46. The van der Waals surface area contributed by atoms with Crippen molar-refractivity contribution < 1.29 is 9.90 Å². The molecular weight excluding hydrogens is 400 g/mol. The third-order valence-corrected chi connectivity index (χ3v) is 10.9. The lowest BCUT2D eigenvalue weighted by atomic mass is 9.42. The summed E-state index contributed by atoms with van der Waals surface area (Å²) in [5.74, 6) is 4.93. The van der Waals surface area contributed by atoms with E-state index in [0.29, 0.717) is 22.4 Å². The second-order valence-electron chi connectivity index (χ2n) is 11.5. The molecule has 0 bridgehead atoms. The number of aliphatic hydroxyl groups is 1. The van der Waals surface area contributed by atoms with Gasteiger partial charge in [-0.2, -0.15) is 0 Å². The Morgan fingerprint density at radius 1 is 0.926 bits per heavy atom. The van der Waals surface area contributed by atoms with Crippen LogP contribution in [0, 0.1) is 46.3 Å².